The molecule has 15 heavy (non-hydrogen) atoms. The Bertz CT molecular complexity index is 491. The molecule has 84 valence electrons. The van der Waals surface area contributed by atoms with Gasteiger partial charge < -0.3 is 0 Å². The highest BCUT2D eigenvalue weighted by molar-refractivity contribution is 7.89. The summed E-state index contributed by atoms with van der Waals surface area (Å²) in [6, 6.07) is 0. The molecule has 1 aromatic heterocycles. The first-order valence-corrected chi connectivity index (χ1v) is 5.32. The number of aromatic nitrogens is 1. The molecule has 0 bridgehead atoms. The van der Waals surface area contributed by atoms with Crippen LogP contribution in [-0.2, 0) is 10.0 Å². The van der Waals surface area contributed by atoms with Crippen LogP contribution in [0.25, 0.3) is 0 Å². The van der Waals surface area contributed by atoms with Crippen molar-refractivity contribution in [1.29, 1.82) is 0 Å². The number of halogens is 4. The molecule has 0 saturated heterocycles. The van der Waals surface area contributed by atoms with Crippen molar-refractivity contribution in [3.05, 3.63) is 22.7 Å². The van der Waals surface area contributed by atoms with Gasteiger partial charge in [-0.05, 0) is 0 Å². The Morgan fingerprint density at radius 2 is 2.00 bits per heavy atom. The zero-order valence-electron chi connectivity index (χ0n) is 6.92. The van der Waals surface area contributed by atoms with Crippen molar-refractivity contribution in [3.8, 4) is 0 Å². The van der Waals surface area contributed by atoms with E-state index in [0.29, 0.717) is 6.20 Å². The maximum atomic E-state index is 13.1. The minimum Gasteiger partial charge on any atom is -0.241 e. The van der Waals surface area contributed by atoms with Gasteiger partial charge in [-0.15, -0.1) is 0 Å². The minimum atomic E-state index is -4.61. The van der Waals surface area contributed by atoms with Crippen LogP contribution >= 0.6 is 11.6 Å². The van der Waals surface area contributed by atoms with E-state index < -0.39 is 37.9 Å². The largest absolute Gasteiger partial charge is 0.266 e. The Balaban J connectivity index is 3.65. The van der Waals surface area contributed by atoms with Gasteiger partial charge >= 0.3 is 0 Å². The van der Waals surface area contributed by atoms with E-state index in [1.54, 1.807) is 0 Å². The van der Waals surface area contributed by atoms with E-state index >= 15 is 0 Å². The van der Waals surface area contributed by atoms with Crippen LogP contribution in [0, 0.1) is 5.82 Å². The lowest BCUT2D eigenvalue weighted by molar-refractivity contribution is 0.146. The van der Waals surface area contributed by atoms with E-state index in [2.05, 4.69) is 10.1 Å². The summed E-state index contributed by atoms with van der Waals surface area (Å²) in [6.07, 6.45) is -2.74. The molecule has 4 nitrogen and oxygen atoms in total. The average molecular weight is 261 g/mol. The summed E-state index contributed by atoms with van der Waals surface area (Å²) < 4.78 is 59.4. The SMILES string of the molecule is NS(=O)(=O)c1c(C(F)F)cnc(Cl)c1F. The number of alkyl halides is 2. The molecule has 0 aromatic carbocycles. The Morgan fingerprint density at radius 1 is 1.47 bits per heavy atom. The zero-order valence-corrected chi connectivity index (χ0v) is 8.49. The summed E-state index contributed by atoms with van der Waals surface area (Å²) in [6.45, 7) is 0. The van der Waals surface area contributed by atoms with Crippen molar-refractivity contribution in [2.24, 2.45) is 5.14 Å². The van der Waals surface area contributed by atoms with Gasteiger partial charge in [0, 0.05) is 6.20 Å². The molecule has 0 atom stereocenters. The predicted molar refractivity (Wildman–Crippen MR) is 45.5 cm³/mol. The molecule has 0 aliphatic rings. The lowest BCUT2D eigenvalue weighted by Gasteiger charge is -2.07. The van der Waals surface area contributed by atoms with Crippen molar-refractivity contribution in [1.82, 2.24) is 4.98 Å². The number of nitrogens with zero attached hydrogens (tertiary/aromatic N) is 1. The number of hydrogen-bond donors (Lipinski definition) is 1. The van der Waals surface area contributed by atoms with E-state index in [0.717, 1.165) is 0 Å². The summed E-state index contributed by atoms with van der Waals surface area (Å²) >= 11 is 5.15. The smallest absolute Gasteiger partial charge is 0.241 e. The number of rotatable bonds is 2. The summed E-state index contributed by atoms with van der Waals surface area (Å²) in [5.74, 6) is -1.57. The fraction of sp³-hybridized carbons (Fsp3) is 0.167. The zero-order chi connectivity index (χ0) is 11.8. The number of sulfonamides is 1. The van der Waals surface area contributed by atoms with Crippen LogP contribution in [0.15, 0.2) is 11.1 Å². The summed E-state index contributed by atoms with van der Waals surface area (Å²) in [4.78, 5) is 1.74. The fourth-order valence-electron chi connectivity index (χ4n) is 0.907. The topological polar surface area (TPSA) is 73.1 Å². The number of nitrogens with two attached hydrogens (primary N) is 1. The standard InChI is InChI=1S/C6H4ClF3N2O2S/c7-5-3(8)4(15(11,13)14)2(1-12-5)6(9)10/h1,6H,(H2,11,13,14). The Hall–Kier alpha value is -0.860. The van der Waals surface area contributed by atoms with Crippen LogP contribution in [-0.4, -0.2) is 13.4 Å². The first-order chi connectivity index (χ1) is 6.75. The molecular formula is C6H4ClF3N2O2S. The first kappa shape index (κ1) is 12.2. The van der Waals surface area contributed by atoms with Gasteiger partial charge in [0.15, 0.2) is 11.0 Å². The molecule has 9 heteroatoms. The van der Waals surface area contributed by atoms with E-state index in [1.165, 1.54) is 0 Å². The molecule has 1 heterocycles. The van der Waals surface area contributed by atoms with Gasteiger partial charge in [0.1, 0.15) is 4.90 Å². The van der Waals surface area contributed by atoms with Gasteiger partial charge in [-0.25, -0.2) is 31.7 Å². The summed E-state index contributed by atoms with van der Waals surface area (Å²) in [5, 5.41) is 3.75. The van der Waals surface area contributed by atoms with Crippen LogP contribution in [0.1, 0.15) is 12.0 Å². The molecule has 0 aliphatic carbocycles. The van der Waals surface area contributed by atoms with Crippen LogP contribution < -0.4 is 5.14 Å². The highest BCUT2D eigenvalue weighted by Gasteiger charge is 2.27. The Labute approximate surface area is 87.9 Å². The maximum Gasteiger partial charge on any atom is 0.266 e. The van der Waals surface area contributed by atoms with Gasteiger partial charge in [-0.2, -0.15) is 0 Å². The van der Waals surface area contributed by atoms with E-state index in [-0.39, 0.29) is 0 Å². The van der Waals surface area contributed by atoms with E-state index in [9.17, 15) is 21.6 Å². The van der Waals surface area contributed by atoms with Crippen LogP contribution in [0.2, 0.25) is 5.15 Å². The Morgan fingerprint density at radius 3 is 2.40 bits per heavy atom. The third-order valence-electron chi connectivity index (χ3n) is 1.48. The molecule has 0 fully saturated rings. The highest BCUT2D eigenvalue weighted by Crippen LogP contribution is 2.29. The van der Waals surface area contributed by atoms with Gasteiger partial charge in [0.2, 0.25) is 10.0 Å². The molecule has 0 aliphatic heterocycles. The molecule has 0 amide bonds. The monoisotopic (exact) mass is 260 g/mol. The second kappa shape index (κ2) is 3.95. The minimum absolute atomic E-state index is 0.468. The van der Waals surface area contributed by atoms with Crippen LogP contribution in [0.4, 0.5) is 13.2 Å². The molecule has 0 saturated carbocycles. The van der Waals surface area contributed by atoms with Crippen molar-refractivity contribution < 1.29 is 21.6 Å². The fourth-order valence-corrected chi connectivity index (χ4v) is 1.92. The first-order valence-electron chi connectivity index (χ1n) is 3.40. The molecule has 2 N–H and O–H groups in total. The lowest BCUT2D eigenvalue weighted by atomic mass is 10.3. The van der Waals surface area contributed by atoms with Crippen LogP contribution in [0.5, 0.6) is 0 Å². The van der Waals surface area contributed by atoms with Gasteiger partial charge in [-0.1, -0.05) is 11.6 Å². The second-order valence-electron chi connectivity index (χ2n) is 2.49. The van der Waals surface area contributed by atoms with Gasteiger partial charge in [0.05, 0.1) is 5.56 Å². The average Bonchev–Trinajstić information content (AvgIpc) is 2.06. The lowest BCUT2D eigenvalue weighted by Crippen LogP contribution is -2.17. The van der Waals surface area contributed by atoms with E-state index in [4.69, 9.17) is 11.6 Å². The third-order valence-corrected chi connectivity index (χ3v) is 2.73. The highest BCUT2D eigenvalue weighted by atomic mass is 35.5. The van der Waals surface area contributed by atoms with E-state index in [1.807, 2.05) is 0 Å². The normalized spacial score (nSPS) is 12.1. The molecule has 1 rings (SSSR count). The van der Waals surface area contributed by atoms with Crippen LogP contribution in [0.3, 0.4) is 0 Å². The molecule has 1 aromatic rings. The molecule has 0 unspecified atom stereocenters. The number of hydrogen-bond acceptors (Lipinski definition) is 3. The quantitative estimate of drug-likeness (QED) is 0.818. The molecule has 0 radical (unpaired) electrons. The Kier molecular flexibility index (Phi) is 3.22. The summed E-state index contributed by atoms with van der Waals surface area (Å²) in [5.41, 5.74) is -1.11. The summed E-state index contributed by atoms with van der Waals surface area (Å²) in [7, 11) is -4.61. The predicted octanol–water partition coefficient (Wildman–Crippen LogP) is 1.46. The van der Waals surface area contributed by atoms with Gasteiger partial charge in [-0.3, -0.25) is 0 Å². The van der Waals surface area contributed by atoms with Crippen molar-refractivity contribution in [2.45, 2.75) is 11.3 Å². The number of primary sulfonamides is 1. The van der Waals surface area contributed by atoms with Crippen molar-refractivity contribution in [2.75, 3.05) is 0 Å². The van der Waals surface area contributed by atoms with Gasteiger partial charge in [0.25, 0.3) is 6.43 Å². The third kappa shape index (κ3) is 2.39. The van der Waals surface area contributed by atoms with Crippen molar-refractivity contribution in [3.63, 3.8) is 0 Å². The maximum absolute atomic E-state index is 13.1. The number of pyridine rings is 1. The second-order valence-corrected chi connectivity index (χ2v) is 4.35. The molecule has 0 spiro atoms. The van der Waals surface area contributed by atoms with Crippen molar-refractivity contribution >= 4 is 21.6 Å². The molecular weight excluding hydrogens is 257 g/mol.